The monoisotopic (exact) mass is 268 g/mol. The van der Waals surface area contributed by atoms with Crippen LogP contribution in [0.4, 0.5) is 0 Å². The Morgan fingerprint density at radius 3 is 2.89 bits per heavy atom. The molecule has 0 spiro atoms. The third-order valence-electron chi connectivity index (χ3n) is 3.15. The summed E-state index contributed by atoms with van der Waals surface area (Å²) in [5.41, 5.74) is 0.895. The molecule has 5 heteroatoms. The Morgan fingerprint density at radius 1 is 1.56 bits per heavy atom. The number of hydrogen-bond donors (Lipinski definition) is 3. The number of benzene rings is 1. The van der Waals surface area contributed by atoms with Gasteiger partial charge < -0.3 is 15.7 Å². The lowest BCUT2D eigenvalue weighted by atomic mass is 10.1. The SMILES string of the molecule is C[C@H](NC(=O)C1CC(O)CN1)c1ccccc1Cl. The summed E-state index contributed by atoms with van der Waals surface area (Å²) in [4.78, 5) is 12.0. The molecule has 4 nitrogen and oxygen atoms in total. The molecule has 0 aromatic heterocycles. The molecule has 3 atom stereocenters. The van der Waals surface area contributed by atoms with Gasteiger partial charge in [-0.2, -0.15) is 0 Å². The first-order valence-electron chi connectivity index (χ1n) is 6.04. The maximum Gasteiger partial charge on any atom is 0.237 e. The predicted molar refractivity (Wildman–Crippen MR) is 70.4 cm³/mol. The van der Waals surface area contributed by atoms with Crippen molar-refractivity contribution in [3.05, 3.63) is 34.9 Å². The lowest BCUT2D eigenvalue weighted by Crippen LogP contribution is -2.41. The number of hydrogen-bond acceptors (Lipinski definition) is 3. The largest absolute Gasteiger partial charge is 0.392 e. The molecule has 1 aromatic carbocycles. The average Bonchev–Trinajstić information content (AvgIpc) is 2.76. The minimum Gasteiger partial charge on any atom is -0.392 e. The quantitative estimate of drug-likeness (QED) is 0.773. The molecule has 0 aliphatic carbocycles. The fourth-order valence-electron chi connectivity index (χ4n) is 2.13. The van der Waals surface area contributed by atoms with Crippen LogP contribution < -0.4 is 10.6 Å². The van der Waals surface area contributed by atoms with E-state index in [1.807, 2.05) is 25.1 Å². The zero-order valence-electron chi connectivity index (χ0n) is 10.2. The number of aliphatic hydroxyl groups excluding tert-OH is 1. The van der Waals surface area contributed by atoms with Crippen LogP contribution in [-0.4, -0.2) is 29.7 Å². The number of β-amino-alcohol motifs (C(OH)–C–C–N with tert-alkyl or cyclic N) is 1. The fraction of sp³-hybridized carbons (Fsp3) is 0.462. The topological polar surface area (TPSA) is 61.4 Å². The van der Waals surface area contributed by atoms with Crippen molar-refractivity contribution in [2.45, 2.75) is 31.5 Å². The lowest BCUT2D eigenvalue weighted by Gasteiger charge is -2.18. The summed E-state index contributed by atoms with van der Waals surface area (Å²) in [6.45, 7) is 2.36. The van der Waals surface area contributed by atoms with Crippen molar-refractivity contribution in [1.29, 1.82) is 0 Å². The van der Waals surface area contributed by atoms with Crippen molar-refractivity contribution in [1.82, 2.24) is 10.6 Å². The molecule has 1 aliphatic heterocycles. The summed E-state index contributed by atoms with van der Waals surface area (Å²) in [5, 5.41) is 15.9. The van der Waals surface area contributed by atoms with Gasteiger partial charge in [0.2, 0.25) is 5.91 Å². The van der Waals surface area contributed by atoms with Crippen LogP contribution in [-0.2, 0) is 4.79 Å². The summed E-state index contributed by atoms with van der Waals surface area (Å²) in [6, 6.07) is 6.98. The van der Waals surface area contributed by atoms with E-state index < -0.39 is 6.10 Å². The Morgan fingerprint density at radius 2 is 2.28 bits per heavy atom. The second kappa shape index (κ2) is 5.69. The summed E-state index contributed by atoms with van der Waals surface area (Å²) in [5.74, 6) is -0.0982. The normalized spacial score (nSPS) is 24.8. The molecule has 1 heterocycles. The maximum atomic E-state index is 12.0. The summed E-state index contributed by atoms with van der Waals surface area (Å²) < 4.78 is 0. The zero-order chi connectivity index (χ0) is 13.1. The highest BCUT2D eigenvalue weighted by Crippen LogP contribution is 2.22. The van der Waals surface area contributed by atoms with Gasteiger partial charge in [0, 0.05) is 11.6 Å². The van der Waals surface area contributed by atoms with Crippen LogP contribution in [0.15, 0.2) is 24.3 Å². The first-order valence-corrected chi connectivity index (χ1v) is 6.42. The van der Waals surface area contributed by atoms with E-state index in [0.29, 0.717) is 18.0 Å². The van der Waals surface area contributed by atoms with Gasteiger partial charge in [-0.1, -0.05) is 29.8 Å². The smallest absolute Gasteiger partial charge is 0.237 e. The Bertz CT molecular complexity index is 439. The van der Waals surface area contributed by atoms with Gasteiger partial charge in [-0.25, -0.2) is 0 Å². The Balaban J connectivity index is 1.97. The van der Waals surface area contributed by atoms with Gasteiger partial charge >= 0.3 is 0 Å². The molecular formula is C13H17ClN2O2. The molecule has 1 amide bonds. The van der Waals surface area contributed by atoms with Crippen molar-refractivity contribution in [2.24, 2.45) is 0 Å². The van der Waals surface area contributed by atoms with E-state index in [1.165, 1.54) is 0 Å². The van der Waals surface area contributed by atoms with Crippen LogP contribution in [0.1, 0.15) is 24.9 Å². The van der Waals surface area contributed by atoms with E-state index in [4.69, 9.17) is 11.6 Å². The number of aliphatic hydroxyl groups is 1. The third kappa shape index (κ3) is 3.02. The molecule has 1 saturated heterocycles. The van der Waals surface area contributed by atoms with Crippen LogP contribution in [0.25, 0.3) is 0 Å². The van der Waals surface area contributed by atoms with Gasteiger partial charge in [0.05, 0.1) is 18.2 Å². The third-order valence-corrected chi connectivity index (χ3v) is 3.50. The molecule has 1 aliphatic rings. The van der Waals surface area contributed by atoms with Crippen molar-refractivity contribution in [3.63, 3.8) is 0 Å². The van der Waals surface area contributed by atoms with Gasteiger partial charge in [-0.15, -0.1) is 0 Å². The summed E-state index contributed by atoms with van der Waals surface area (Å²) >= 11 is 6.08. The highest BCUT2D eigenvalue weighted by molar-refractivity contribution is 6.31. The number of halogens is 1. The van der Waals surface area contributed by atoms with E-state index in [-0.39, 0.29) is 18.0 Å². The van der Waals surface area contributed by atoms with Gasteiger partial charge in [0.25, 0.3) is 0 Å². The first-order chi connectivity index (χ1) is 8.58. The van der Waals surface area contributed by atoms with Crippen LogP contribution in [0.2, 0.25) is 5.02 Å². The van der Waals surface area contributed by atoms with Gasteiger partial charge in [0.15, 0.2) is 0 Å². The Hall–Kier alpha value is -1.10. The standard InChI is InChI=1S/C13H17ClN2O2/c1-8(10-4-2-3-5-11(10)14)16-13(18)12-6-9(17)7-15-12/h2-5,8-9,12,15,17H,6-7H2,1H3,(H,16,18)/t8-,9?,12?/m0/s1. The summed E-state index contributed by atoms with van der Waals surface area (Å²) in [6.07, 6.45) is 0.0255. The molecule has 3 N–H and O–H groups in total. The molecule has 98 valence electrons. The molecule has 0 bridgehead atoms. The molecule has 18 heavy (non-hydrogen) atoms. The zero-order valence-corrected chi connectivity index (χ0v) is 10.9. The molecular weight excluding hydrogens is 252 g/mol. The van der Waals surface area contributed by atoms with Crippen LogP contribution >= 0.6 is 11.6 Å². The Labute approximate surface area is 111 Å². The van der Waals surface area contributed by atoms with E-state index in [2.05, 4.69) is 10.6 Å². The first kappa shape index (κ1) is 13.3. The lowest BCUT2D eigenvalue weighted by molar-refractivity contribution is -0.123. The van der Waals surface area contributed by atoms with Crippen molar-refractivity contribution in [3.8, 4) is 0 Å². The molecule has 1 aromatic rings. The number of nitrogens with one attached hydrogen (secondary N) is 2. The van der Waals surface area contributed by atoms with E-state index in [0.717, 1.165) is 5.56 Å². The van der Waals surface area contributed by atoms with Crippen molar-refractivity contribution in [2.75, 3.05) is 6.54 Å². The van der Waals surface area contributed by atoms with Crippen molar-refractivity contribution >= 4 is 17.5 Å². The highest BCUT2D eigenvalue weighted by atomic mass is 35.5. The van der Waals surface area contributed by atoms with E-state index >= 15 is 0 Å². The molecule has 2 unspecified atom stereocenters. The number of amides is 1. The second-order valence-electron chi connectivity index (χ2n) is 4.60. The molecule has 2 rings (SSSR count). The fourth-order valence-corrected chi connectivity index (χ4v) is 2.43. The number of carbonyl (C=O) groups excluding carboxylic acids is 1. The van der Waals surface area contributed by atoms with E-state index in [1.54, 1.807) is 6.07 Å². The number of carbonyl (C=O) groups is 1. The van der Waals surface area contributed by atoms with Gasteiger partial charge in [0.1, 0.15) is 0 Å². The minimum atomic E-state index is -0.434. The van der Waals surface area contributed by atoms with Crippen LogP contribution in [0, 0.1) is 0 Å². The van der Waals surface area contributed by atoms with Crippen LogP contribution in [0.5, 0.6) is 0 Å². The number of rotatable bonds is 3. The summed E-state index contributed by atoms with van der Waals surface area (Å²) in [7, 11) is 0. The molecule has 1 fully saturated rings. The predicted octanol–water partition coefficient (Wildman–Crippen LogP) is 1.24. The average molecular weight is 269 g/mol. The Kier molecular flexibility index (Phi) is 4.22. The minimum absolute atomic E-state index is 0.0982. The molecule has 0 saturated carbocycles. The highest BCUT2D eigenvalue weighted by Gasteiger charge is 2.28. The molecule has 0 radical (unpaired) electrons. The van der Waals surface area contributed by atoms with Gasteiger partial charge in [-0.05, 0) is 25.0 Å². The maximum absolute atomic E-state index is 12.0. The van der Waals surface area contributed by atoms with Crippen LogP contribution in [0.3, 0.4) is 0 Å². The van der Waals surface area contributed by atoms with E-state index in [9.17, 15) is 9.90 Å². The van der Waals surface area contributed by atoms with Gasteiger partial charge in [-0.3, -0.25) is 4.79 Å². The second-order valence-corrected chi connectivity index (χ2v) is 5.01. The van der Waals surface area contributed by atoms with Crippen molar-refractivity contribution < 1.29 is 9.90 Å².